The fourth-order valence-electron chi connectivity index (χ4n) is 3.80. The minimum absolute atomic E-state index is 0.00259. The van der Waals surface area contributed by atoms with E-state index in [1.54, 1.807) is 6.33 Å². The van der Waals surface area contributed by atoms with E-state index in [9.17, 15) is 4.79 Å². The number of amides is 1. The summed E-state index contributed by atoms with van der Waals surface area (Å²) in [5, 5.41) is 0. The van der Waals surface area contributed by atoms with Gasteiger partial charge in [0.1, 0.15) is 17.9 Å². The molecule has 132 valence electrons. The normalized spacial score (nSPS) is 26.2. The van der Waals surface area contributed by atoms with Crippen LogP contribution in [0, 0.1) is 0 Å². The molecule has 2 N–H and O–H groups in total. The Morgan fingerprint density at radius 1 is 1.16 bits per heavy atom. The number of aromatic nitrogens is 4. The van der Waals surface area contributed by atoms with Crippen molar-refractivity contribution >= 4 is 22.9 Å². The number of rotatable bonds is 5. The van der Waals surface area contributed by atoms with Crippen molar-refractivity contribution in [3.8, 4) is 0 Å². The molecule has 2 saturated carbocycles. The van der Waals surface area contributed by atoms with Crippen LogP contribution >= 0.6 is 0 Å². The molecule has 2 aliphatic carbocycles. The van der Waals surface area contributed by atoms with E-state index in [4.69, 9.17) is 10.5 Å². The van der Waals surface area contributed by atoms with E-state index in [0.29, 0.717) is 35.6 Å². The van der Waals surface area contributed by atoms with Gasteiger partial charge in [0, 0.05) is 12.1 Å². The van der Waals surface area contributed by atoms with Crippen molar-refractivity contribution in [3.63, 3.8) is 0 Å². The lowest BCUT2D eigenvalue weighted by molar-refractivity contribution is -0.144. The molecule has 8 nitrogen and oxygen atoms in total. The second-order valence-corrected chi connectivity index (χ2v) is 7.36. The number of carbonyl (C=O) groups excluding carboxylic acids is 1. The largest absolute Gasteiger partial charge is 0.382 e. The van der Waals surface area contributed by atoms with Crippen molar-refractivity contribution in [1.29, 1.82) is 0 Å². The highest BCUT2D eigenvalue weighted by Crippen LogP contribution is 2.39. The summed E-state index contributed by atoms with van der Waals surface area (Å²) in [6.45, 7) is 0.629. The monoisotopic (exact) mass is 342 g/mol. The van der Waals surface area contributed by atoms with Crippen molar-refractivity contribution in [2.24, 2.45) is 0 Å². The first-order chi connectivity index (χ1) is 12.2. The summed E-state index contributed by atoms with van der Waals surface area (Å²) in [6, 6.07) is 0.944. The van der Waals surface area contributed by atoms with Crippen molar-refractivity contribution in [2.45, 2.75) is 69.4 Å². The Kier molecular flexibility index (Phi) is 3.41. The van der Waals surface area contributed by atoms with Crippen molar-refractivity contribution in [1.82, 2.24) is 24.4 Å². The van der Waals surface area contributed by atoms with E-state index in [1.165, 1.54) is 6.33 Å². The number of ether oxygens (including phenoxy) is 1. The number of hydrogen-bond donors (Lipinski definition) is 1. The quantitative estimate of drug-likeness (QED) is 0.874. The van der Waals surface area contributed by atoms with Crippen LogP contribution in [0.2, 0.25) is 0 Å². The lowest BCUT2D eigenvalue weighted by Gasteiger charge is -2.25. The van der Waals surface area contributed by atoms with Crippen LogP contribution in [0.4, 0.5) is 5.82 Å². The Balaban J connectivity index is 1.27. The Morgan fingerprint density at radius 3 is 2.64 bits per heavy atom. The highest BCUT2D eigenvalue weighted by molar-refractivity contribution is 5.82. The number of carbonyl (C=O) groups is 1. The first kappa shape index (κ1) is 15.1. The molecule has 3 heterocycles. The summed E-state index contributed by atoms with van der Waals surface area (Å²) in [7, 11) is 0. The van der Waals surface area contributed by atoms with Crippen LogP contribution in [0.25, 0.3) is 11.2 Å². The molecule has 8 heteroatoms. The van der Waals surface area contributed by atoms with Gasteiger partial charge < -0.3 is 19.9 Å². The predicted molar refractivity (Wildman–Crippen MR) is 90.5 cm³/mol. The second kappa shape index (κ2) is 5.66. The van der Waals surface area contributed by atoms with Gasteiger partial charge in [-0.3, -0.25) is 4.79 Å². The lowest BCUT2D eigenvalue weighted by atomic mass is 10.1. The molecule has 5 rings (SSSR count). The van der Waals surface area contributed by atoms with Gasteiger partial charge in [-0.25, -0.2) is 15.0 Å². The van der Waals surface area contributed by atoms with E-state index < -0.39 is 0 Å². The number of imidazole rings is 1. The fraction of sp³-hybridized carbons (Fsp3) is 0.647. The molecule has 0 bridgehead atoms. The average Bonchev–Trinajstić information content (AvgIpc) is 3.53. The first-order valence-electron chi connectivity index (χ1n) is 9.09. The molecule has 1 amide bonds. The number of nitrogens with two attached hydrogens (primary N) is 1. The van der Waals surface area contributed by atoms with Gasteiger partial charge in [0.15, 0.2) is 11.5 Å². The maximum atomic E-state index is 12.9. The van der Waals surface area contributed by atoms with Gasteiger partial charge in [0.2, 0.25) is 0 Å². The maximum absolute atomic E-state index is 12.9. The Labute approximate surface area is 145 Å². The number of nitrogens with zero attached hydrogens (tertiary/aromatic N) is 5. The standard InChI is InChI=1S/C17H22N6O2/c18-15-14-16(20-8-19-15)22(9-21-14)7-12-5-6-13(25-12)17(24)23(10-1-2-10)11-3-4-11/h8-13H,1-7H2,(H2,18,19,20)/t12-,13+/m0/s1. The zero-order valence-electron chi connectivity index (χ0n) is 14.0. The zero-order chi connectivity index (χ0) is 17.0. The molecule has 0 radical (unpaired) electrons. The summed E-state index contributed by atoms with van der Waals surface area (Å²) in [5.74, 6) is 0.586. The molecule has 1 saturated heterocycles. The van der Waals surface area contributed by atoms with Gasteiger partial charge in [-0.2, -0.15) is 0 Å². The van der Waals surface area contributed by atoms with Gasteiger partial charge in [0.25, 0.3) is 5.91 Å². The van der Waals surface area contributed by atoms with Crippen LogP contribution in [-0.4, -0.2) is 54.6 Å². The smallest absolute Gasteiger partial charge is 0.252 e. The number of hydrogen-bond acceptors (Lipinski definition) is 6. The maximum Gasteiger partial charge on any atom is 0.252 e. The molecule has 3 aliphatic rings. The molecule has 0 spiro atoms. The molecule has 0 aromatic carbocycles. The van der Waals surface area contributed by atoms with Crippen molar-refractivity contribution in [2.75, 3.05) is 5.73 Å². The summed E-state index contributed by atoms with van der Waals surface area (Å²) in [6.07, 6.45) is 9.16. The molecular formula is C17H22N6O2. The van der Waals surface area contributed by atoms with E-state index in [2.05, 4.69) is 19.9 Å². The third kappa shape index (κ3) is 2.74. The Bertz CT molecular complexity index is 801. The fourth-order valence-corrected chi connectivity index (χ4v) is 3.80. The van der Waals surface area contributed by atoms with E-state index in [0.717, 1.165) is 38.5 Å². The van der Waals surface area contributed by atoms with Crippen LogP contribution in [0.5, 0.6) is 0 Å². The molecule has 2 aromatic rings. The molecule has 2 atom stereocenters. The molecule has 3 fully saturated rings. The third-order valence-electron chi connectivity index (χ3n) is 5.35. The SMILES string of the molecule is Nc1ncnc2c1ncn2C[C@@H]1CC[C@H](C(=O)N(C2CC2)C2CC2)O1. The van der Waals surface area contributed by atoms with Crippen LogP contribution < -0.4 is 5.73 Å². The molecular weight excluding hydrogens is 320 g/mol. The van der Waals surface area contributed by atoms with E-state index in [1.807, 2.05) is 4.57 Å². The second-order valence-electron chi connectivity index (χ2n) is 7.36. The zero-order valence-corrected chi connectivity index (χ0v) is 14.0. The Morgan fingerprint density at radius 2 is 1.92 bits per heavy atom. The van der Waals surface area contributed by atoms with Crippen molar-refractivity contribution in [3.05, 3.63) is 12.7 Å². The van der Waals surface area contributed by atoms with Crippen LogP contribution in [-0.2, 0) is 16.1 Å². The molecule has 0 unspecified atom stereocenters. The first-order valence-corrected chi connectivity index (χ1v) is 9.09. The highest BCUT2D eigenvalue weighted by Gasteiger charge is 2.45. The summed E-state index contributed by atoms with van der Waals surface area (Å²) >= 11 is 0. The minimum Gasteiger partial charge on any atom is -0.382 e. The third-order valence-corrected chi connectivity index (χ3v) is 5.35. The summed E-state index contributed by atoms with van der Waals surface area (Å²) < 4.78 is 8.03. The molecule has 2 aromatic heterocycles. The molecule has 1 aliphatic heterocycles. The summed E-state index contributed by atoms with van der Waals surface area (Å²) in [4.78, 5) is 27.5. The predicted octanol–water partition coefficient (Wildman–Crippen LogP) is 1.11. The van der Waals surface area contributed by atoms with Crippen LogP contribution in [0.1, 0.15) is 38.5 Å². The summed E-state index contributed by atoms with van der Waals surface area (Å²) in [5.41, 5.74) is 7.16. The number of anilines is 1. The number of fused-ring (bicyclic) bond motifs is 1. The van der Waals surface area contributed by atoms with E-state index in [-0.39, 0.29) is 18.1 Å². The van der Waals surface area contributed by atoms with Crippen LogP contribution in [0.3, 0.4) is 0 Å². The topological polar surface area (TPSA) is 99.2 Å². The van der Waals surface area contributed by atoms with Crippen molar-refractivity contribution < 1.29 is 9.53 Å². The minimum atomic E-state index is -0.291. The lowest BCUT2D eigenvalue weighted by Crippen LogP contribution is -2.42. The molecule has 25 heavy (non-hydrogen) atoms. The van der Waals surface area contributed by atoms with Gasteiger partial charge in [0.05, 0.1) is 19.0 Å². The van der Waals surface area contributed by atoms with Gasteiger partial charge in [-0.15, -0.1) is 0 Å². The number of nitrogen functional groups attached to an aromatic ring is 1. The van der Waals surface area contributed by atoms with Gasteiger partial charge in [-0.05, 0) is 38.5 Å². The van der Waals surface area contributed by atoms with Gasteiger partial charge >= 0.3 is 0 Å². The van der Waals surface area contributed by atoms with E-state index >= 15 is 0 Å². The van der Waals surface area contributed by atoms with Crippen LogP contribution in [0.15, 0.2) is 12.7 Å². The Hall–Kier alpha value is -2.22. The highest BCUT2D eigenvalue weighted by atomic mass is 16.5. The van der Waals surface area contributed by atoms with Gasteiger partial charge in [-0.1, -0.05) is 0 Å². The average molecular weight is 342 g/mol.